The number of nitrogens with zero attached hydrogens (tertiary/aromatic N) is 1. The maximum atomic E-state index is 5.19. The first-order chi connectivity index (χ1) is 4.83. The van der Waals surface area contributed by atoms with E-state index in [4.69, 9.17) is 5.73 Å². The van der Waals surface area contributed by atoms with Gasteiger partial charge in [0.25, 0.3) is 0 Å². The summed E-state index contributed by atoms with van der Waals surface area (Å²) < 4.78 is 0. The van der Waals surface area contributed by atoms with Crippen LogP contribution < -0.4 is 11.1 Å². The van der Waals surface area contributed by atoms with Crippen LogP contribution >= 0.6 is 0 Å². The Balaban J connectivity index is 2.32. The molecular formula is C7H15N3. The third kappa shape index (κ3) is 1.99. The zero-order valence-corrected chi connectivity index (χ0v) is 6.38. The molecule has 1 heterocycles. The molecule has 3 heteroatoms. The van der Waals surface area contributed by atoms with E-state index in [1.54, 1.807) is 0 Å². The molecule has 0 radical (unpaired) electrons. The molecule has 0 amide bonds. The number of nitrogens with one attached hydrogen (secondary N) is 1. The molecule has 58 valence electrons. The van der Waals surface area contributed by atoms with E-state index in [-0.39, 0.29) is 0 Å². The summed E-state index contributed by atoms with van der Waals surface area (Å²) in [6, 6.07) is 1.06. The predicted molar refractivity (Wildman–Crippen MR) is 43.2 cm³/mol. The Morgan fingerprint density at radius 2 is 2.50 bits per heavy atom. The molecule has 3 nitrogen and oxygen atoms in total. The molecule has 0 unspecified atom stereocenters. The van der Waals surface area contributed by atoms with Gasteiger partial charge in [-0.1, -0.05) is 0 Å². The van der Waals surface area contributed by atoms with Crippen molar-refractivity contribution in [3.8, 4) is 0 Å². The topological polar surface area (TPSA) is 50.4 Å². The van der Waals surface area contributed by atoms with Crippen LogP contribution in [-0.2, 0) is 0 Å². The third-order valence-electron chi connectivity index (χ3n) is 1.89. The normalized spacial score (nSPS) is 34.9. The molecule has 1 fully saturated rings. The maximum absolute atomic E-state index is 5.19. The van der Waals surface area contributed by atoms with Gasteiger partial charge in [0.15, 0.2) is 0 Å². The van der Waals surface area contributed by atoms with Crippen molar-refractivity contribution in [2.75, 3.05) is 6.54 Å². The summed E-state index contributed by atoms with van der Waals surface area (Å²) in [5.74, 6) is 0. The molecule has 0 aliphatic carbocycles. The molecule has 1 aliphatic rings. The minimum Gasteiger partial charge on any atom is -0.390 e. The molecule has 0 bridgehead atoms. The highest BCUT2D eigenvalue weighted by atomic mass is 15.0. The van der Waals surface area contributed by atoms with Crippen molar-refractivity contribution in [1.82, 2.24) is 5.32 Å². The Hall–Kier alpha value is -0.570. The summed E-state index contributed by atoms with van der Waals surface area (Å²) in [7, 11) is 0. The highest BCUT2D eigenvalue weighted by molar-refractivity contribution is 5.51. The maximum Gasteiger partial charge on any atom is 0.0801 e. The van der Waals surface area contributed by atoms with Crippen molar-refractivity contribution < 1.29 is 0 Å². The predicted octanol–water partition coefficient (Wildman–Crippen LogP) is 0.114. The molecule has 2 atom stereocenters. The first-order valence-electron chi connectivity index (χ1n) is 3.79. The fourth-order valence-electron chi connectivity index (χ4n) is 1.36. The van der Waals surface area contributed by atoms with Crippen molar-refractivity contribution in [2.45, 2.75) is 31.8 Å². The van der Waals surface area contributed by atoms with Gasteiger partial charge in [-0.15, -0.1) is 0 Å². The van der Waals surface area contributed by atoms with Crippen LogP contribution in [0, 0.1) is 0 Å². The van der Waals surface area contributed by atoms with Crippen LogP contribution in [0.4, 0.5) is 0 Å². The summed E-state index contributed by atoms with van der Waals surface area (Å²) >= 11 is 0. The Labute approximate surface area is 61.7 Å². The third-order valence-corrected chi connectivity index (χ3v) is 1.89. The average Bonchev–Trinajstić information content (AvgIpc) is 1.88. The summed E-state index contributed by atoms with van der Waals surface area (Å²) in [4.78, 5) is 4.15. The number of aliphatic imine (C=N–C) groups is 1. The molecule has 1 aliphatic heterocycles. The first-order valence-corrected chi connectivity index (χ1v) is 3.79. The van der Waals surface area contributed by atoms with Crippen molar-refractivity contribution in [2.24, 2.45) is 10.7 Å². The second-order valence-corrected chi connectivity index (χ2v) is 2.83. The number of piperidine rings is 1. The number of nitrogens with two attached hydrogens (primary N) is 1. The summed E-state index contributed by atoms with van der Waals surface area (Å²) in [5.41, 5.74) is 5.19. The quantitative estimate of drug-likeness (QED) is 0.402. The Bertz CT molecular complexity index is 122. The first kappa shape index (κ1) is 7.54. The van der Waals surface area contributed by atoms with E-state index in [1.807, 2.05) is 0 Å². The van der Waals surface area contributed by atoms with E-state index in [9.17, 15) is 0 Å². The lowest BCUT2D eigenvalue weighted by atomic mass is 10.0. The second-order valence-electron chi connectivity index (χ2n) is 2.83. The largest absolute Gasteiger partial charge is 0.390 e. The fourth-order valence-corrected chi connectivity index (χ4v) is 1.36. The summed E-state index contributed by atoms with van der Waals surface area (Å²) in [5, 5.41) is 3.36. The van der Waals surface area contributed by atoms with Crippen molar-refractivity contribution in [3.63, 3.8) is 0 Å². The van der Waals surface area contributed by atoms with E-state index < -0.39 is 0 Å². The van der Waals surface area contributed by atoms with Gasteiger partial charge in [-0.25, -0.2) is 0 Å². The molecule has 0 aromatic rings. The van der Waals surface area contributed by atoms with Gasteiger partial charge in [0.05, 0.1) is 12.4 Å². The zero-order chi connectivity index (χ0) is 7.40. The van der Waals surface area contributed by atoms with Crippen molar-refractivity contribution >= 4 is 6.34 Å². The van der Waals surface area contributed by atoms with Gasteiger partial charge in [-0.2, -0.15) is 0 Å². The standard InChI is InChI=1S/C7H15N3/c1-6-4-7(10-5-8)2-3-9-6/h5-7,9H,2-4H2,1H3,(H2,8,10)/t6-,7+/m0/s1. The Morgan fingerprint density at radius 1 is 1.70 bits per heavy atom. The molecule has 0 saturated carbocycles. The average molecular weight is 141 g/mol. The molecule has 0 spiro atoms. The summed E-state index contributed by atoms with van der Waals surface area (Å²) in [6.07, 6.45) is 3.66. The second kappa shape index (κ2) is 3.56. The van der Waals surface area contributed by atoms with Crippen LogP contribution in [0.2, 0.25) is 0 Å². The van der Waals surface area contributed by atoms with E-state index >= 15 is 0 Å². The van der Waals surface area contributed by atoms with Gasteiger partial charge in [0, 0.05) is 6.04 Å². The SMILES string of the molecule is C[C@H]1C[C@H](N=CN)CCN1. The monoisotopic (exact) mass is 141 g/mol. The molecule has 0 aromatic heterocycles. The van der Waals surface area contributed by atoms with Crippen LogP contribution in [0.5, 0.6) is 0 Å². The smallest absolute Gasteiger partial charge is 0.0801 e. The van der Waals surface area contributed by atoms with Crippen LogP contribution in [0.3, 0.4) is 0 Å². The molecule has 10 heavy (non-hydrogen) atoms. The van der Waals surface area contributed by atoms with Gasteiger partial charge in [-0.3, -0.25) is 4.99 Å². The van der Waals surface area contributed by atoms with Crippen LogP contribution in [0.1, 0.15) is 19.8 Å². The zero-order valence-electron chi connectivity index (χ0n) is 6.38. The minimum absolute atomic E-state index is 0.459. The van der Waals surface area contributed by atoms with Crippen LogP contribution in [0.25, 0.3) is 0 Å². The number of hydrogen-bond acceptors (Lipinski definition) is 2. The Kier molecular flexibility index (Phi) is 2.68. The molecule has 3 N–H and O–H groups in total. The van der Waals surface area contributed by atoms with Crippen molar-refractivity contribution in [1.29, 1.82) is 0 Å². The van der Waals surface area contributed by atoms with E-state index in [1.165, 1.54) is 6.34 Å². The van der Waals surface area contributed by atoms with E-state index in [0.717, 1.165) is 19.4 Å². The highest BCUT2D eigenvalue weighted by Gasteiger charge is 2.15. The van der Waals surface area contributed by atoms with Gasteiger partial charge in [0.1, 0.15) is 0 Å². The molecule has 1 rings (SSSR count). The van der Waals surface area contributed by atoms with E-state index in [0.29, 0.717) is 12.1 Å². The molecule has 1 saturated heterocycles. The fraction of sp³-hybridized carbons (Fsp3) is 0.857. The highest BCUT2D eigenvalue weighted by Crippen LogP contribution is 2.10. The van der Waals surface area contributed by atoms with Crippen molar-refractivity contribution in [3.05, 3.63) is 0 Å². The van der Waals surface area contributed by atoms with Gasteiger partial charge < -0.3 is 11.1 Å². The lowest BCUT2D eigenvalue weighted by Crippen LogP contribution is -2.37. The van der Waals surface area contributed by atoms with Gasteiger partial charge >= 0.3 is 0 Å². The molecule has 0 aromatic carbocycles. The number of hydrogen-bond donors (Lipinski definition) is 2. The summed E-state index contributed by atoms with van der Waals surface area (Å²) in [6.45, 7) is 3.25. The molecular weight excluding hydrogens is 126 g/mol. The lowest BCUT2D eigenvalue weighted by Gasteiger charge is -2.24. The van der Waals surface area contributed by atoms with Crippen LogP contribution in [0.15, 0.2) is 4.99 Å². The lowest BCUT2D eigenvalue weighted by molar-refractivity contribution is 0.383. The van der Waals surface area contributed by atoms with Gasteiger partial charge in [-0.05, 0) is 26.3 Å². The Morgan fingerprint density at radius 3 is 3.10 bits per heavy atom. The van der Waals surface area contributed by atoms with Crippen LogP contribution in [-0.4, -0.2) is 25.0 Å². The van der Waals surface area contributed by atoms with Gasteiger partial charge in [0.2, 0.25) is 0 Å². The van der Waals surface area contributed by atoms with E-state index in [2.05, 4.69) is 17.2 Å². The number of rotatable bonds is 1. The minimum atomic E-state index is 0.459.